The average molecular weight is 339 g/mol. The summed E-state index contributed by atoms with van der Waals surface area (Å²) in [5.74, 6) is -0.940. The van der Waals surface area contributed by atoms with Gasteiger partial charge in [0.15, 0.2) is 5.82 Å². The van der Waals surface area contributed by atoms with Crippen LogP contribution in [0.1, 0.15) is 27.6 Å². The first-order valence-corrected chi connectivity index (χ1v) is 7.60. The summed E-state index contributed by atoms with van der Waals surface area (Å²) in [4.78, 5) is 19.9. The van der Waals surface area contributed by atoms with Crippen LogP contribution in [0.2, 0.25) is 5.02 Å². The lowest BCUT2D eigenvalue weighted by atomic mass is 10.0. The fourth-order valence-electron chi connectivity index (χ4n) is 2.69. The number of benzene rings is 2. The first-order chi connectivity index (χ1) is 11.6. The molecule has 6 nitrogen and oxygen atoms in total. The summed E-state index contributed by atoms with van der Waals surface area (Å²) < 4.78 is 1.52. The van der Waals surface area contributed by atoms with Gasteiger partial charge in [-0.1, -0.05) is 41.9 Å². The summed E-state index contributed by atoms with van der Waals surface area (Å²) in [6, 6.07) is 15.1. The van der Waals surface area contributed by atoms with E-state index < -0.39 is 5.97 Å². The van der Waals surface area contributed by atoms with Crippen LogP contribution in [-0.4, -0.2) is 31.6 Å². The van der Waals surface area contributed by atoms with Crippen molar-refractivity contribution in [1.29, 1.82) is 0 Å². The second-order valence-corrected chi connectivity index (χ2v) is 5.70. The first-order valence-electron chi connectivity index (χ1n) is 7.23. The van der Waals surface area contributed by atoms with Crippen molar-refractivity contribution < 1.29 is 9.90 Å². The molecule has 0 saturated carbocycles. The van der Waals surface area contributed by atoms with Crippen LogP contribution in [0.3, 0.4) is 0 Å². The van der Waals surface area contributed by atoms with Gasteiger partial charge in [0.1, 0.15) is 0 Å². The molecule has 2 aromatic carbocycles. The molecule has 7 heteroatoms. The number of rotatable bonds is 2. The van der Waals surface area contributed by atoms with E-state index in [1.165, 1.54) is 4.68 Å². The Hall–Kier alpha value is -2.99. The molecule has 1 N–H and O–H groups in total. The maximum Gasteiger partial charge on any atom is 0.375 e. The second kappa shape index (κ2) is 5.58. The second-order valence-electron chi connectivity index (χ2n) is 5.26. The van der Waals surface area contributed by atoms with E-state index in [-0.39, 0.29) is 12.4 Å². The number of carboxylic acid groups (broad SMARTS) is 1. The molecule has 3 aromatic rings. The quantitative estimate of drug-likeness (QED) is 0.779. The van der Waals surface area contributed by atoms with Crippen molar-refractivity contribution in [2.75, 3.05) is 0 Å². The van der Waals surface area contributed by atoms with Crippen molar-refractivity contribution in [2.45, 2.75) is 6.54 Å². The van der Waals surface area contributed by atoms with E-state index in [9.17, 15) is 4.79 Å². The molecule has 0 radical (unpaired) electrons. The number of carbonyl (C=O) groups is 1. The molecular weight excluding hydrogens is 328 g/mol. The maximum atomic E-state index is 11.2. The van der Waals surface area contributed by atoms with Crippen LogP contribution in [0.25, 0.3) is 5.69 Å². The highest BCUT2D eigenvalue weighted by Gasteiger charge is 2.23. The van der Waals surface area contributed by atoms with Gasteiger partial charge in [-0.15, -0.1) is 5.10 Å². The third kappa shape index (κ3) is 2.37. The number of fused-ring (bicyclic) bond motifs is 3. The van der Waals surface area contributed by atoms with Gasteiger partial charge < -0.3 is 5.11 Å². The highest BCUT2D eigenvalue weighted by molar-refractivity contribution is 6.31. The molecule has 0 bridgehead atoms. The molecule has 0 aliphatic carbocycles. The Bertz CT molecular complexity index is 980. The molecule has 1 aliphatic rings. The van der Waals surface area contributed by atoms with Gasteiger partial charge in [0, 0.05) is 16.1 Å². The van der Waals surface area contributed by atoms with E-state index in [1.807, 2.05) is 30.3 Å². The zero-order chi connectivity index (χ0) is 16.7. The minimum atomic E-state index is -1.17. The van der Waals surface area contributed by atoms with Crippen molar-refractivity contribution in [3.05, 3.63) is 76.3 Å². The van der Waals surface area contributed by atoms with Crippen LogP contribution in [0.4, 0.5) is 0 Å². The summed E-state index contributed by atoms with van der Waals surface area (Å²) in [6.45, 7) is 0.233. The smallest absolute Gasteiger partial charge is 0.375 e. The molecule has 0 atom stereocenters. The molecule has 0 unspecified atom stereocenters. The molecule has 0 fully saturated rings. The summed E-state index contributed by atoms with van der Waals surface area (Å²) in [5, 5.41) is 13.8. The van der Waals surface area contributed by atoms with Gasteiger partial charge in [0.05, 0.1) is 17.9 Å². The summed E-state index contributed by atoms with van der Waals surface area (Å²) in [6.07, 6.45) is 0. The van der Waals surface area contributed by atoms with Gasteiger partial charge in [-0.2, -0.15) is 0 Å². The Morgan fingerprint density at radius 2 is 1.96 bits per heavy atom. The fourth-order valence-corrected chi connectivity index (χ4v) is 2.86. The normalized spacial score (nSPS) is 12.8. The lowest BCUT2D eigenvalue weighted by molar-refractivity contribution is 0.0683. The fraction of sp³-hybridized carbons (Fsp3) is 0.0588. The van der Waals surface area contributed by atoms with Gasteiger partial charge in [0.2, 0.25) is 0 Å². The standard InChI is InChI=1S/C17H11ClN4O2/c18-11-6-7-13-12(8-11)15(10-4-2-1-3-5-10)19-9-14-20-16(17(23)24)21-22(13)14/h1-8H,9H2,(H,23,24). The van der Waals surface area contributed by atoms with Crippen LogP contribution in [0.15, 0.2) is 53.5 Å². The number of aromatic nitrogens is 3. The number of hydrogen-bond donors (Lipinski definition) is 1. The predicted molar refractivity (Wildman–Crippen MR) is 89.1 cm³/mol. The zero-order valence-electron chi connectivity index (χ0n) is 12.3. The van der Waals surface area contributed by atoms with E-state index in [0.717, 1.165) is 16.8 Å². The van der Waals surface area contributed by atoms with Crippen LogP contribution in [0.5, 0.6) is 0 Å². The Kier molecular flexibility index (Phi) is 3.39. The Morgan fingerprint density at radius 3 is 2.71 bits per heavy atom. The van der Waals surface area contributed by atoms with E-state index in [1.54, 1.807) is 18.2 Å². The number of aliphatic imine (C=N–C) groups is 1. The van der Waals surface area contributed by atoms with Gasteiger partial charge in [-0.3, -0.25) is 4.99 Å². The van der Waals surface area contributed by atoms with Crippen molar-refractivity contribution in [3.63, 3.8) is 0 Å². The number of hydrogen-bond acceptors (Lipinski definition) is 4. The molecule has 1 aliphatic heterocycles. The third-order valence-electron chi connectivity index (χ3n) is 3.73. The SMILES string of the molecule is O=C(O)c1nc2n(n1)-c1ccc(Cl)cc1C(c1ccccc1)=NC2. The molecule has 4 rings (SSSR count). The monoisotopic (exact) mass is 338 g/mol. The molecule has 118 valence electrons. The van der Waals surface area contributed by atoms with Crippen LogP contribution in [-0.2, 0) is 6.54 Å². The Labute approximate surface area is 142 Å². The molecule has 0 amide bonds. The van der Waals surface area contributed by atoms with Gasteiger partial charge in [-0.25, -0.2) is 14.5 Å². The number of carboxylic acids is 1. The van der Waals surface area contributed by atoms with E-state index in [2.05, 4.69) is 15.1 Å². The van der Waals surface area contributed by atoms with E-state index in [4.69, 9.17) is 16.7 Å². The molecular formula is C17H11ClN4O2. The van der Waals surface area contributed by atoms with Gasteiger partial charge in [-0.05, 0) is 18.2 Å². The maximum absolute atomic E-state index is 11.2. The van der Waals surface area contributed by atoms with Gasteiger partial charge in [0.25, 0.3) is 5.82 Å². The number of halogens is 1. The van der Waals surface area contributed by atoms with Crippen molar-refractivity contribution in [3.8, 4) is 5.69 Å². The van der Waals surface area contributed by atoms with Crippen LogP contribution in [0, 0.1) is 0 Å². The summed E-state index contributed by atoms with van der Waals surface area (Å²) in [7, 11) is 0. The lowest BCUT2D eigenvalue weighted by Crippen LogP contribution is -2.09. The van der Waals surface area contributed by atoms with E-state index in [0.29, 0.717) is 16.5 Å². The molecule has 24 heavy (non-hydrogen) atoms. The Balaban J connectivity index is 1.96. The predicted octanol–water partition coefficient (Wildman–Crippen LogP) is 2.97. The minimum Gasteiger partial charge on any atom is -0.475 e. The first kappa shape index (κ1) is 14.6. The Morgan fingerprint density at radius 1 is 1.17 bits per heavy atom. The minimum absolute atomic E-state index is 0.233. The molecule has 2 heterocycles. The molecule has 0 saturated heterocycles. The number of aromatic carboxylic acids is 1. The van der Waals surface area contributed by atoms with E-state index >= 15 is 0 Å². The average Bonchev–Trinajstić information content (AvgIpc) is 2.95. The third-order valence-corrected chi connectivity index (χ3v) is 3.97. The van der Waals surface area contributed by atoms with Crippen molar-refractivity contribution in [1.82, 2.24) is 14.8 Å². The largest absolute Gasteiger partial charge is 0.475 e. The molecule has 0 spiro atoms. The molecule has 1 aromatic heterocycles. The highest BCUT2D eigenvalue weighted by atomic mass is 35.5. The topological polar surface area (TPSA) is 80.4 Å². The highest BCUT2D eigenvalue weighted by Crippen LogP contribution is 2.26. The van der Waals surface area contributed by atoms with Crippen LogP contribution < -0.4 is 0 Å². The van der Waals surface area contributed by atoms with Crippen LogP contribution >= 0.6 is 11.6 Å². The number of nitrogens with zero attached hydrogens (tertiary/aromatic N) is 4. The van der Waals surface area contributed by atoms with Crippen molar-refractivity contribution in [2.24, 2.45) is 4.99 Å². The summed E-state index contributed by atoms with van der Waals surface area (Å²) in [5.41, 5.74) is 3.21. The van der Waals surface area contributed by atoms with Gasteiger partial charge >= 0.3 is 5.97 Å². The zero-order valence-corrected chi connectivity index (χ0v) is 13.1. The lowest BCUT2D eigenvalue weighted by Gasteiger charge is -2.11. The summed E-state index contributed by atoms with van der Waals surface area (Å²) >= 11 is 6.17. The van der Waals surface area contributed by atoms with Crippen molar-refractivity contribution >= 4 is 23.3 Å².